The van der Waals surface area contributed by atoms with Crippen LogP contribution in [0.1, 0.15) is 38.5 Å². The summed E-state index contributed by atoms with van der Waals surface area (Å²) >= 11 is 1.27. The number of ether oxygens (including phenoxy) is 1. The lowest BCUT2D eigenvalue weighted by molar-refractivity contribution is -0.142. The first kappa shape index (κ1) is 24.1. The second kappa shape index (κ2) is 9.10. The van der Waals surface area contributed by atoms with E-state index in [9.17, 15) is 13.6 Å². The molecule has 34 heavy (non-hydrogen) atoms. The Hall–Kier alpha value is -1.64. The highest BCUT2D eigenvalue weighted by Gasteiger charge is 2.54. The van der Waals surface area contributed by atoms with Crippen molar-refractivity contribution in [1.29, 1.82) is 0 Å². The molecular formula is C26H34F2N2O2SSi. The Bertz CT molecular complexity index is 1120. The standard InChI is InChI=1S/C26H34F2N2O2SSi/c1-34(2,3)7-6-32-16-30-15-23(21-5-4-20(27)11-22(21)28)33-25(30)29-24(31)26-12-17-8-18(13-26)10-19(9-17)14-26/h4-5,11,15,17-19H,6-10,12-14,16H2,1-3H3. The maximum Gasteiger partial charge on any atom is 0.254 e. The Kier molecular flexibility index (Phi) is 6.44. The number of thiazole rings is 1. The summed E-state index contributed by atoms with van der Waals surface area (Å²) < 4.78 is 35.7. The first-order valence-electron chi connectivity index (χ1n) is 12.4. The molecule has 1 amide bonds. The highest BCUT2D eigenvalue weighted by Crippen LogP contribution is 2.60. The SMILES string of the molecule is C[Si](C)(C)CCOCn1cc(-c2ccc(F)cc2F)sc1=NC(=O)C12CC3CC(CC(C3)C1)C2. The number of carbonyl (C=O) groups excluding carboxylic acids is 1. The molecule has 8 heteroatoms. The number of rotatable bonds is 7. The van der Waals surface area contributed by atoms with E-state index < -0.39 is 19.7 Å². The van der Waals surface area contributed by atoms with E-state index in [0.29, 0.717) is 39.6 Å². The minimum absolute atomic E-state index is 0.0181. The number of amides is 1. The maximum atomic E-state index is 14.5. The Morgan fingerprint density at radius 2 is 1.79 bits per heavy atom. The fraction of sp³-hybridized carbons (Fsp3) is 0.615. The summed E-state index contributed by atoms with van der Waals surface area (Å²) in [6, 6.07) is 4.62. The molecule has 0 radical (unpaired) electrons. The fourth-order valence-corrected chi connectivity index (χ4v) is 8.25. The molecule has 6 rings (SSSR count). The average molecular weight is 505 g/mol. The molecule has 1 aromatic heterocycles. The fourth-order valence-electron chi connectivity index (χ4n) is 6.49. The van der Waals surface area contributed by atoms with Gasteiger partial charge in [-0.05, 0) is 74.5 Å². The zero-order valence-electron chi connectivity index (χ0n) is 20.3. The van der Waals surface area contributed by atoms with Crippen LogP contribution in [0.3, 0.4) is 0 Å². The lowest BCUT2D eigenvalue weighted by Gasteiger charge is -2.55. The summed E-state index contributed by atoms with van der Waals surface area (Å²) in [7, 11) is -1.23. The number of hydrogen-bond acceptors (Lipinski definition) is 3. The number of carbonyl (C=O) groups is 1. The van der Waals surface area contributed by atoms with E-state index >= 15 is 0 Å². The molecular weight excluding hydrogens is 470 g/mol. The van der Waals surface area contributed by atoms with Crippen molar-refractivity contribution in [3.05, 3.63) is 40.8 Å². The van der Waals surface area contributed by atoms with Gasteiger partial charge in [0.25, 0.3) is 5.91 Å². The monoisotopic (exact) mass is 504 g/mol. The van der Waals surface area contributed by atoms with Gasteiger partial charge in [-0.15, -0.1) is 0 Å². The van der Waals surface area contributed by atoms with Gasteiger partial charge in [0.2, 0.25) is 0 Å². The molecule has 4 nitrogen and oxygen atoms in total. The molecule has 4 bridgehead atoms. The van der Waals surface area contributed by atoms with Gasteiger partial charge in [-0.2, -0.15) is 4.99 Å². The summed E-state index contributed by atoms with van der Waals surface area (Å²) in [5.74, 6) is 0.739. The van der Waals surface area contributed by atoms with Crippen molar-refractivity contribution in [3.63, 3.8) is 0 Å². The lowest BCUT2D eigenvalue weighted by atomic mass is 9.49. The van der Waals surface area contributed by atoms with Crippen LogP contribution in [0, 0.1) is 34.8 Å². The molecule has 2 aromatic rings. The van der Waals surface area contributed by atoms with E-state index in [1.807, 2.05) is 4.57 Å². The van der Waals surface area contributed by atoms with E-state index in [1.165, 1.54) is 42.7 Å². The lowest BCUT2D eigenvalue weighted by Crippen LogP contribution is -2.49. The molecule has 4 aliphatic rings. The van der Waals surface area contributed by atoms with Gasteiger partial charge >= 0.3 is 0 Å². The highest BCUT2D eigenvalue weighted by atomic mass is 32.1. The van der Waals surface area contributed by atoms with Crippen molar-refractivity contribution in [2.24, 2.45) is 28.2 Å². The minimum atomic E-state index is -1.23. The first-order chi connectivity index (χ1) is 16.1. The minimum Gasteiger partial charge on any atom is -0.361 e. The van der Waals surface area contributed by atoms with Gasteiger partial charge in [-0.1, -0.05) is 31.0 Å². The van der Waals surface area contributed by atoms with E-state index in [0.717, 1.165) is 31.4 Å². The summed E-state index contributed by atoms with van der Waals surface area (Å²) in [6.45, 7) is 7.80. The number of benzene rings is 1. The van der Waals surface area contributed by atoms with E-state index in [-0.39, 0.29) is 18.1 Å². The Labute approximate surface area is 205 Å². The zero-order chi connectivity index (χ0) is 24.1. The van der Waals surface area contributed by atoms with Crippen LogP contribution in [0.25, 0.3) is 10.4 Å². The first-order valence-corrected chi connectivity index (χ1v) is 17.0. The van der Waals surface area contributed by atoms with Gasteiger partial charge < -0.3 is 4.74 Å². The number of halogens is 2. The predicted octanol–water partition coefficient (Wildman–Crippen LogP) is 6.45. The second-order valence-corrected chi connectivity index (χ2v) is 18.6. The largest absolute Gasteiger partial charge is 0.361 e. The van der Waals surface area contributed by atoms with Crippen LogP contribution in [0.4, 0.5) is 8.78 Å². The number of hydrogen-bond donors (Lipinski definition) is 0. The molecule has 0 unspecified atom stereocenters. The van der Waals surface area contributed by atoms with Crippen LogP contribution < -0.4 is 4.80 Å². The van der Waals surface area contributed by atoms with Crippen LogP contribution in [-0.4, -0.2) is 25.2 Å². The third-order valence-electron chi connectivity index (χ3n) is 7.83. The van der Waals surface area contributed by atoms with Gasteiger partial charge in [-0.3, -0.25) is 9.36 Å². The molecule has 4 saturated carbocycles. The third-order valence-corrected chi connectivity index (χ3v) is 10.6. The van der Waals surface area contributed by atoms with Crippen LogP contribution in [0.2, 0.25) is 25.7 Å². The van der Waals surface area contributed by atoms with Gasteiger partial charge in [0.05, 0.1) is 10.3 Å². The third kappa shape index (κ3) is 5.00. The van der Waals surface area contributed by atoms with Crippen molar-refractivity contribution in [1.82, 2.24) is 4.57 Å². The summed E-state index contributed by atoms with van der Waals surface area (Å²) in [6.07, 6.45) is 8.46. The van der Waals surface area contributed by atoms with Crippen molar-refractivity contribution < 1.29 is 18.3 Å². The summed E-state index contributed by atoms with van der Waals surface area (Å²) in [4.78, 5) is 19.4. The molecule has 184 valence electrons. The highest BCUT2D eigenvalue weighted by molar-refractivity contribution is 7.12. The second-order valence-electron chi connectivity index (χ2n) is 11.9. The molecule has 4 aliphatic carbocycles. The predicted molar refractivity (Wildman–Crippen MR) is 133 cm³/mol. The van der Waals surface area contributed by atoms with E-state index in [1.54, 1.807) is 6.20 Å². The van der Waals surface area contributed by atoms with E-state index in [2.05, 4.69) is 24.6 Å². The van der Waals surface area contributed by atoms with Gasteiger partial charge in [-0.25, -0.2) is 8.78 Å². The number of aromatic nitrogens is 1. The van der Waals surface area contributed by atoms with E-state index in [4.69, 9.17) is 4.74 Å². The zero-order valence-corrected chi connectivity index (χ0v) is 22.1. The molecule has 0 saturated heterocycles. The molecule has 4 fully saturated rings. The van der Waals surface area contributed by atoms with Crippen LogP contribution in [-0.2, 0) is 16.3 Å². The van der Waals surface area contributed by atoms with Gasteiger partial charge in [0.1, 0.15) is 18.4 Å². The summed E-state index contributed by atoms with van der Waals surface area (Å²) in [5.41, 5.74) is -0.0118. The maximum absolute atomic E-state index is 14.5. The molecule has 0 N–H and O–H groups in total. The molecule has 1 aromatic carbocycles. The van der Waals surface area contributed by atoms with Crippen LogP contribution in [0.15, 0.2) is 29.4 Å². The smallest absolute Gasteiger partial charge is 0.254 e. The summed E-state index contributed by atoms with van der Waals surface area (Å²) in [5, 5.41) is 0. The van der Waals surface area contributed by atoms with Crippen molar-refractivity contribution in [3.8, 4) is 10.4 Å². The van der Waals surface area contributed by atoms with Crippen molar-refractivity contribution >= 4 is 25.3 Å². The quantitative estimate of drug-likeness (QED) is 0.321. The Balaban J connectivity index is 1.45. The van der Waals surface area contributed by atoms with Crippen LogP contribution >= 0.6 is 11.3 Å². The van der Waals surface area contributed by atoms with Crippen molar-refractivity contribution in [2.45, 2.75) is 70.9 Å². The Morgan fingerprint density at radius 3 is 2.38 bits per heavy atom. The average Bonchev–Trinajstić information content (AvgIpc) is 3.11. The molecule has 1 heterocycles. The molecule has 0 spiro atoms. The Morgan fingerprint density at radius 1 is 1.15 bits per heavy atom. The van der Waals surface area contributed by atoms with Gasteiger partial charge in [0, 0.05) is 32.5 Å². The van der Waals surface area contributed by atoms with Crippen molar-refractivity contribution in [2.75, 3.05) is 6.61 Å². The normalized spacial score (nSPS) is 28.6. The topological polar surface area (TPSA) is 43.6 Å². The molecule has 0 aliphatic heterocycles. The van der Waals surface area contributed by atoms with Crippen LogP contribution in [0.5, 0.6) is 0 Å². The molecule has 0 atom stereocenters. The van der Waals surface area contributed by atoms with Gasteiger partial charge in [0.15, 0.2) is 4.80 Å². The number of nitrogens with zero attached hydrogens (tertiary/aromatic N) is 2.